The molecule has 144 valence electrons. The van der Waals surface area contributed by atoms with Gasteiger partial charge in [0.15, 0.2) is 5.96 Å². The minimum atomic E-state index is 0.427. The SMILES string of the molecule is CCNC(=NCc1ccc(N2CCCC2)nc1)NCC(C)c1ccccc1. The molecule has 1 fully saturated rings. The van der Waals surface area contributed by atoms with E-state index in [1.165, 1.54) is 18.4 Å². The Morgan fingerprint density at radius 1 is 1.11 bits per heavy atom. The van der Waals surface area contributed by atoms with Crippen molar-refractivity contribution in [3.8, 4) is 0 Å². The van der Waals surface area contributed by atoms with Gasteiger partial charge in [-0.25, -0.2) is 9.98 Å². The topological polar surface area (TPSA) is 52.6 Å². The van der Waals surface area contributed by atoms with E-state index < -0.39 is 0 Å². The van der Waals surface area contributed by atoms with Gasteiger partial charge in [0.1, 0.15) is 5.82 Å². The van der Waals surface area contributed by atoms with Crippen LogP contribution in [0.25, 0.3) is 0 Å². The van der Waals surface area contributed by atoms with Crippen LogP contribution in [0.4, 0.5) is 5.82 Å². The van der Waals surface area contributed by atoms with Gasteiger partial charge in [-0.15, -0.1) is 0 Å². The van der Waals surface area contributed by atoms with E-state index in [0.717, 1.165) is 43.5 Å². The highest BCUT2D eigenvalue weighted by Gasteiger charge is 2.13. The molecule has 5 nitrogen and oxygen atoms in total. The molecule has 2 aromatic rings. The number of hydrogen-bond donors (Lipinski definition) is 2. The van der Waals surface area contributed by atoms with Gasteiger partial charge in [0.25, 0.3) is 0 Å². The van der Waals surface area contributed by atoms with Crippen LogP contribution in [0, 0.1) is 0 Å². The highest BCUT2D eigenvalue weighted by molar-refractivity contribution is 5.79. The fourth-order valence-electron chi connectivity index (χ4n) is 3.30. The summed E-state index contributed by atoms with van der Waals surface area (Å²) < 4.78 is 0. The van der Waals surface area contributed by atoms with Crippen molar-refractivity contribution in [1.82, 2.24) is 15.6 Å². The molecule has 2 N–H and O–H groups in total. The summed E-state index contributed by atoms with van der Waals surface area (Å²) in [5.74, 6) is 2.36. The number of rotatable bonds is 7. The monoisotopic (exact) mass is 365 g/mol. The molecule has 1 aromatic heterocycles. The molecule has 0 amide bonds. The van der Waals surface area contributed by atoms with Crippen molar-refractivity contribution >= 4 is 11.8 Å². The summed E-state index contributed by atoms with van der Waals surface area (Å²) in [5.41, 5.74) is 2.47. The molecule has 1 aliphatic heterocycles. The van der Waals surface area contributed by atoms with Crippen molar-refractivity contribution in [3.05, 3.63) is 59.8 Å². The van der Waals surface area contributed by atoms with Gasteiger partial charge in [-0.05, 0) is 42.9 Å². The lowest BCUT2D eigenvalue weighted by Gasteiger charge is -2.17. The minimum Gasteiger partial charge on any atom is -0.357 e. The molecule has 1 aliphatic rings. The van der Waals surface area contributed by atoms with Crippen molar-refractivity contribution in [1.29, 1.82) is 0 Å². The van der Waals surface area contributed by atoms with E-state index in [-0.39, 0.29) is 0 Å². The molecule has 1 aromatic carbocycles. The second-order valence-electron chi connectivity index (χ2n) is 7.11. The quantitative estimate of drug-likeness (QED) is 0.582. The fourth-order valence-corrected chi connectivity index (χ4v) is 3.30. The zero-order chi connectivity index (χ0) is 18.9. The highest BCUT2D eigenvalue weighted by atomic mass is 15.2. The molecule has 2 heterocycles. The van der Waals surface area contributed by atoms with E-state index in [2.05, 4.69) is 76.8 Å². The number of nitrogens with one attached hydrogen (secondary N) is 2. The summed E-state index contributed by atoms with van der Waals surface area (Å²) >= 11 is 0. The number of aliphatic imine (C=N–C) groups is 1. The summed E-state index contributed by atoms with van der Waals surface area (Å²) in [7, 11) is 0. The number of pyridine rings is 1. The molecule has 0 bridgehead atoms. The van der Waals surface area contributed by atoms with Gasteiger partial charge in [0.2, 0.25) is 0 Å². The molecule has 0 aliphatic carbocycles. The predicted molar refractivity (Wildman–Crippen MR) is 113 cm³/mol. The second kappa shape index (κ2) is 9.95. The Kier molecular flexibility index (Phi) is 7.08. The predicted octanol–water partition coefficient (Wildman–Crippen LogP) is 3.54. The van der Waals surface area contributed by atoms with E-state index in [1.54, 1.807) is 0 Å². The van der Waals surface area contributed by atoms with Gasteiger partial charge in [-0.3, -0.25) is 0 Å². The maximum Gasteiger partial charge on any atom is 0.191 e. The number of guanidine groups is 1. The molecule has 1 saturated heterocycles. The molecule has 0 spiro atoms. The first-order valence-corrected chi connectivity index (χ1v) is 10.0. The average molecular weight is 366 g/mol. The van der Waals surface area contributed by atoms with Crippen LogP contribution in [0.15, 0.2) is 53.7 Å². The third-order valence-electron chi connectivity index (χ3n) is 4.95. The lowest BCUT2D eigenvalue weighted by Crippen LogP contribution is -2.39. The van der Waals surface area contributed by atoms with Crippen LogP contribution in [0.3, 0.4) is 0 Å². The lowest BCUT2D eigenvalue weighted by molar-refractivity contribution is 0.699. The van der Waals surface area contributed by atoms with Gasteiger partial charge in [-0.1, -0.05) is 43.3 Å². The van der Waals surface area contributed by atoms with Gasteiger partial charge in [-0.2, -0.15) is 0 Å². The van der Waals surface area contributed by atoms with Crippen LogP contribution in [0.2, 0.25) is 0 Å². The van der Waals surface area contributed by atoms with Gasteiger partial charge in [0, 0.05) is 32.4 Å². The Labute approximate surface area is 162 Å². The molecule has 0 saturated carbocycles. The average Bonchev–Trinajstić information content (AvgIpc) is 3.26. The van der Waals surface area contributed by atoms with Crippen molar-refractivity contribution in [2.24, 2.45) is 4.99 Å². The first-order valence-electron chi connectivity index (χ1n) is 10.0. The zero-order valence-corrected chi connectivity index (χ0v) is 16.5. The van der Waals surface area contributed by atoms with Gasteiger partial charge < -0.3 is 15.5 Å². The third kappa shape index (κ3) is 5.71. The van der Waals surface area contributed by atoms with Crippen molar-refractivity contribution in [2.75, 3.05) is 31.1 Å². The maximum absolute atomic E-state index is 4.72. The Morgan fingerprint density at radius 3 is 2.56 bits per heavy atom. The van der Waals surface area contributed by atoms with E-state index in [4.69, 9.17) is 4.99 Å². The summed E-state index contributed by atoms with van der Waals surface area (Å²) in [6, 6.07) is 14.8. The fraction of sp³-hybridized carbons (Fsp3) is 0.455. The van der Waals surface area contributed by atoms with E-state index in [0.29, 0.717) is 12.5 Å². The first kappa shape index (κ1) is 19.2. The summed E-state index contributed by atoms with van der Waals surface area (Å²) in [6.45, 7) is 8.89. The number of nitrogens with zero attached hydrogens (tertiary/aromatic N) is 3. The highest BCUT2D eigenvalue weighted by Crippen LogP contribution is 2.17. The Morgan fingerprint density at radius 2 is 1.89 bits per heavy atom. The molecular formula is C22H31N5. The van der Waals surface area contributed by atoms with E-state index >= 15 is 0 Å². The van der Waals surface area contributed by atoms with Crippen LogP contribution in [0.1, 0.15) is 43.7 Å². The minimum absolute atomic E-state index is 0.427. The number of anilines is 1. The van der Waals surface area contributed by atoms with Crippen LogP contribution < -0.4 is 15.5 Å². The summed E-state index contributed by atoms with van der Waals surface area (Å²) in [4.78, 5) is 11.7. The molecule has 3 rings (SSSR count). The Balaban J connectivity index is 1.55. The molecule has 0 radical (unpaired) electrons. The van der Waals surface area contributed by atoms with Crippen LogP contribution in [0.5, 0.6) is 0 Å². The van der Waals surface area contributed by atoms with E-state index in [1.807, 2.05) is 6.20 Å². The van der Waals surface area contributed by atoms with Crippen LogP contribution in [-0.4, -0.2) is 37.1 Å². The second-order valence-corrected chi connectivity index (χ2v) is 7.11. The molecule has 1 unspecified atom stereocenters. The number of hydrogen-bond acceptors (Lipinski definition) is 3. The first-order chi connectivity index (χ1) is 13.3. The largest absolute Gasteiger partial charge is 0.357 e. The lowest BCUT2D eigenvalue weighted by atomic mass is 10.0. The standard InChI is InChI=1S/C22H31N5/c1-3-23-22(25-15-18(2)20-9-5-4-6-10-20)26-17-19-11-12-21(24-16-19)27-13-7-8-14-27/h4-6,9-12,16,18H,3,7-8,13-15,17H2,1-2H3,(H2,23,25,26). The summed E-state index contributed by atoms with van der Waals surface area (Å²) in [6.07, 6.45) is 4.49. The van der Waals surface area contributed by atoms with Crippen LogP contribution in [-0.2, 0) is 6.54 Å². The molecule has 1 atom stereocenters. The molecule has 27 heavy (non-hydrogen) atoms. The van der Waals surface area contributed by atoms with Crippen LogP contribution >= 0.6 is 0 Å². The maximum atomic E-state index is 4.72. The van der Waals surface area contributed by atoms with Crippen molar-refractivity contribution in [2.45, 2.75) is 39.2 Å². The molecular weight excluding hydrogens is 334 g/mol. The van der Waals surface area contributed by atoms with Gasteiger partial charge >= 0.3 is 0 Å². The zero-order valence-electron chi connectivity index (χ0n) is 16.5. The smallest absolute Gasteiger partial charge is 0.191 e. The molecule has 5 heteroatoms. The number of aromatic nitrogens is 1. The third-order valence-corrected chi connectivity index (χ3v) is 4.95. The normalized spacial score (nSPS) is 15.6. The van der Waals surface area contributed by atoms with Crippen molar-refractivity contribution in [3.63, 3.8) is 0 Å². The van der Waals surface area contributed by atoms with E-state index in [9.17, 15) is 0 Å². The Hall–Kier alpha value is -2.56. The number of benzene rings is 1. The van der Waals surface area contributed by atoms with Gasteiger partial charge in [0.05, 0.1) is 6.54 Å². The summed E-state index contributed by atoms with van der Waals surface area (Å²) in [5, 5.41) is 6.78. The Bertz CT molecular complexity index is 705. The van der Waals surface area contributed by atoms with Crippen molar-refractivity contribution < 1.29 is 0 Å².